The minimum atomic E-state index is -0.517. The smallest absolute Gasteiger partial charge is 0.343 e. The van der Waals surface area contributed by atoms with Crippen LogP contribution in [-0.4, -0.2) is 23.1 Å². The molecule has 31 heavy (non-hydrogen) atoms. The molecule has 0 fully saturated rings. The maximum atomic E-state index is 12.7. The summed E-state index contributed by atoms with van der Waals surface area (Å²) in [6.07, 6.45) is 1.02. The van der Waals surface area contributed by atoms with E-state index in [-0.39, 0.29) is 23.4 Å². The number of hydrogen-bond donors (Lipinski definition) is 0. The van der Waals surface area contributed by atoms with Gasteiger partial charge in [0.2, 0.25) is 0 Å². The summed E-state index contributed by atoms with van der Waals surface area (Å²) in [5, 5.41) is 0. The number of ether oxygens (including phenoxy) is 3. The van der Waals surface area contributed by atoms with E-state index >= 15 is 0 Å². The third-order valence-corrected chi connectivity index (χ3v) is 5.10. The van der Waals surface area contributed by atoms with Crippen molar-refractivity contribution in [2.75, 3.05) is 0 Å². The summed E-state index contributed by atoms with van der Waals surface area (Å²) in [5.41, 5.74) is 1.40. The normalized spacial score (nSPS) is 16.6. The number of rotatable bonds is 4. The van der Waals surface area contributed by atoms with Gasteiger partial charge in [-0.05, 0) is 82.3 Å². The van der Waals surface area contributed by atoms with E-state index in [1.807, 2.05) is 32.9 Å². The third kappa shape index (κ3) is 5.87. The SMILES string of the molecule is CC(C)(C)OC(=O)Cc1ccc(OC(=O)c2ccc3c(c2)C(C)(C)CC(C)(C)O3)cc1. The van der Waals surface area contributed by atoms with Crippen LogP contribution in [0.15, 0.2) is 42.5 Å². The maximum absolute atomic E-state index is 12.7. The molecule has 0 aromatic heterocycles. The molecular weight excluding hydrogens is 392 g/mol. The fourth-order valence-electron chi connectivity index (χ4n) is 4.15. The Balaban J connectivity index is 1.69. The fourth-order valence-corrected chi connectivity index (χ4v) is 4.15. The molecular formula is C26H32O5. The van der Waals surface area contributed by atoms with Crippen LogP contribution in [0.5, 0.6) is 11.5 Å². The van der Waals surface area contributed by atoms with Crippen molar-refractivity contribution in [1.29, 1.82) is 0 Å². The van der Waals surface area contributed by atoms with Crippen molar-refractivity contribution in [2.45, 2.75) is 77.9 Å². The van der Waals surface area contributed by atoms with Crippen LogP contribution >= 0.6 is 0 Å². The first-order chi connectivity index (χ1) is 14.2. The van der Waals surface area contributed by atoms with Crippen LogP contribution in [0.1, 0.15) is 76.4 Å². The van der Waals surface area contributed by atoms with Gasteiger partial charge in [-0.25, -0.2) is 4.79 Å². The van der Waals surface area contributed by atoms with Gasteiger partial charge >= 0.3 is 11.9 Å². The van der Waals surface area contributed by atoms with Gasteiger partial charge in [-0.1, -0.05) is 26.0 Å². The molecule has 2 aromatic carbocycles. The number of benzene rings is 2. The highest BCUT2D eigenvalue weighted by Gasteiger charge is 2.39. The lowest BCUT2D eigenvalue weighted by atomic mass is 9.73. The lowest BCUT2D eigenvalue weighted by Crippen LogP contribution is -2.41. The molecule has 0 amide bonds. The molecule has 0 bridgehead atoms. The maximum Gasteiger partial charge on any atom is 0.343 e. The van der Waals surface area contributed by atoms with Gasteiger partial charge in [-0.3, -0.25) is 4.79 Å². The molecule has 0 radical (unpaired) electrons. The van der Waals surface area contributed by atoms with Gasteiger partial charge in [-0.15, -0.1) is 0 Å². The summed E-state index contributed by atoms with van der Waals surface area (Å²) < 4.78 is 17.0. The second-order valence-electron chi connectivity index (χ2n) is 10.4. The van der Waals surface area contributed by atoms with Crippen LogP contribution < -0.4 is 9.47 Å². The van der Waals surface area contributed by atoms with Crippen LogP contribution in [-0.2, 0) is 21.4 Å². The van der Waals surface area contributed by atoms with E-state index in [1.54, 1.807) is 30.3 Å². The first-order valence-corrected chi connectivity index (χ1v) is 10.6. The fraction of sp³-hybridized carbons (Fsp3) is 0.462. The summed E-state index contributed by atoms with van der Waals surface area (Å²) in [6, 6.07) is 12.3. The third-order valence-electron chi connectivity index (χ3n) is 5.10. The lowest BCUT2D eigenvalue weighted by molar-refractivity contribution is -0.153. The molecule has 0 N–H and O–H groups in total. The molecule has 3 rings (SSSR count). The lowest BCUT2D eigenvalue weighted by Gasteiger charge is -2.42. The van der Waals surface area contributed by atoms with Crippen molar-refractivity contribution in [3.8, 4) is 11.5 Å². The summed E-state index contributed by atoms with van der Waals surface area (Å²) in [6.45, 7) is 14.0. The van der Waals surface area contributed by atoms with Crippen LogP contribution in [0.3, 0.4) is 0 Å². The average Bonchev–Trinajstić information content (AvgIpc) is 2.60. The molecule has 0 saturated carbocycles. The first kappa shape index (κ1) is 22.9. The molecule has 1 aliphatic heterocycles. The van der Waals surface area contributed by atoms with Gasteiger partial charge in [-0.2, -0.15) is 0 Å². The van der Waals surface area contributed by atoms with Crippen LogP contribution in [0, 0.1) is 0 Å². The first-order valence-electron chi connectivity index (χ1n) is 10.6. The summed E-state index contributed by atoms with van der Waals surface area (Å²) in [4.78, 5) is 24.7. The van der Waals surface area contributed by atoms with Crippen molar-refractivity contribution in [1.82, 2.24) is 0 Å². The number of carbonyl (C=O) groups excluding carboxylic acids is 2. The monoisotopic (exact) mass is 424 g/mol. The average molecular weight is 425 g/mol. The number of fused-ring (bicyclic) bond motifs is 1. The highest BCUT2D eigenvalue weighted by atomic mass is 16.6. The largest absolute Gasteiger partial charge is 0.488 e. The molecule has 0 atom stereocenters. The molecule has 0 unspecified atom stereocenters. The second-order valence-corrected chi connectivity index (χ2v) is 10.4. The van der Waals surface area contributed by atoms with Gasteiger partial charge in [0, 0.05) is 5.56 Å². The van der Waals surface area contributed by atoms with Crippen LogP contribution in [0.25, 0.3) is 0 Å². The molecule has 5 nitrogen and oxygen atoms in total. The topological polar surface area (TPSA) is 61.8 Å². The Morgan fingerprint density at radius 1 is 1.00 bits per heavy atom. The molecule has 0 aliphatic carbocycles. The Morgan fingerprint density at radius 3 is 2.26 bits per heavy atom. The number of hydrogen-bond acceptors (Lipinski definition) is 5. The molecule has 0 spiro atoms. The van der Waals surface area contributed by atoms with Gasteiger partial charge < -0.3 is 14.2 Å². The zero-order chi connectivity index (χ0) is 23.0. The Hall–Kier alpha value is -2.82. The van der Waals surface area contributed by atoms with Crippen LogP contribution in [0.2, 0.25) is 0 Å². The molecule has 166 valence electrons. The van der Waals surface area contributed by atoms with E-state index in [0.717, 1.165) is 23.3 Å². The standard InChI is InChI=1S/C26H32O5/c1-24(2,3)31-22(27)14-17-8-11-19(12-9-17)29-23(28)18-10-13-21-20(15-18)25(4,5)16-26(6,7)30-21/h8-13,15H,14,16H2,1-7H3. The van der Waals surface area contributed by atoms with E-state index in [0.29, 0.717) is 11.3 Å². The summed E-state index contributed by atoms with van der Waals surface area (Å²) in [7, 11) is 0. The Kier molecular flexibility index (Phi) is 5.92. The number of carbonyl (C=O) groups is 2. The van der Waals surface area contributed by atoms with Gasteiger partial charge in [0.25, 0.3) is 0 Å². The van der Waals surface area contributed by atoms with Gasteiger partial charge in [0.05, 0.1) is 12.0 Å². The van der Waals surface area contributed by atoms with Gasteiger partial charge in [0.1, 0.15) is 22.7 Å². The summed E-state index contributed by atoms with van der Waals surface area (Å²) >= 11 is 0. The molecule has 0 saturated heterocycles. The second kappa shape index (κ2) is 8.03. The zero-order valence-corrected chi connectivity index (χ0v) is 19.5. The Bertz CT molecular complexity index is 978. The Labute approximate surface area is 184 Å². The predicted molar refractivity (Wildman–Crippen MR) is 120 cm³/mol. The van der Waals surface area contributed by atoms with Crippen molar-refractivity contribution >= 4 is 11.9 Å². The summed E-state index contributed by atoms with van der Waals surface area (Å²) in [5.74, 6) is 0.513. The highest BCUT2D eigenvalue weighted by molar-refractivity contribution is 5.91. The van der Waals surface area contributed by atoms with Crippen molar-refractivity contribution in [3.05, 3.63) is 59.2 Å². The number of esters is 2. The molecule has 5 heteroatoms. The predicted octanol–water partition coefficient (Wildman–Crippen LogP) is 5.63. The minimum absolute atomic E-state index is 0.114. The van der Waals surface area contributed by atoms with E-state index in [4.69, 9.17) is 14.2 Å². The van der Waals surface area contributed by atoms with E-state index in [9.17, 15) is 9.59 Å². The molecule has 1 heterocycles. The zero-order valence-electron chi connectivity index (χ0n) is 19.5. The van der Waals surface area contributed by atoms with Crippen LogP contribution in [0.4, 0.5) is 0 Å². The van der Waals surface area contributed by atoms with Crippen molar-refractivity contribution < 1.29 is 23.8 Å². The van der Waals surface area contributed by atoms with E-state index in [1.165, 1.54) is 0 Å². The minimum Gasteiger partial charge on any atom is -0.488 e. The molecule has 2 aromatic rings. The van der Waals surface area contributed by atoms with Crippen molar-refractivity contribution in [2.24, 2.45) is 0 Å². The van der Waals surface area contributed by atoms with E-state index < -0.39 is 11.6 Å². The van der Waals surface area contributed by atoms with Gasteiger partial charge in [0.15, 0.2) is 0 Å². The quantitative estimate of drug-likeness (QED) is 0.470. The Morgan fingerprint density at radius 2 is 1.65 bits per heavy atom. The highest BCUT2D eigenvalue weighted by Crippen LogP contribution is 2.44. The molecule has 1 aliphatic rings. The van der Waals surface area contributed by atoms with E-state index in [2.05, 4.69) is 27.7 Å². The van der Waals surface area contributed by atoms with Crippen molar-refractivity contribution in [3.63, 3.8) is 0 Å².